The molecule has 0 aliphatic rings. The Kier molecular flexibility index (Phi) is 4.38. The lowest BCUT2D eigenvalue weighted by Crippen LogP contribution is -2.05. The summed E-state index contributed by atoms with van der Waals surface area (Å²) < 4.78 is 5.05. The van der Waals surface area contributed by atoms with Crippen LogP contribution >= 0.6 is 0 Å². The number of amides is 1. The predicted molar refractivity (Wildman–Crippen MR) is 90.0 cm³/mol. The first-order valence-electron chi connectivity index (χ1n) is 7.29. The molecular formula is C18H17N3O2. The first-order chi connectivity index (χ1) is 11.2. The summed E-state index contributed by atoms with van der Waals surface area (Å²) in [6.07, 6.45) is 6.94. The molecule has 0 saturated heterocycles. The number of hydrogen-bond acceptors (Lipinski definition) is 4. The molecule has 0 atom stereocenters. The van der Waals surface area contributed by atoms with Crippen molar-refractivity contribution in [2.45, 2.75) is 13.5 Å². The summed E-state index contributed by atoms with van der Waals surface area (Å²) in [6.45, 7) is 2.17. The van der Waals surface area contributed by atoms with Crippen molar-refractivity contribution < 1.29 is 9.21 Å². The number of anilines is 2. The second-order valence-corrected chi connectivity index (χ2v) is 5.21. The maximum Gasteiger partial charge on any atom is 0.221 e. The van der Waals surface area contributed by atoms with E-state index in [0.29, 0.717) is 6.54 Å². The molecular weight excluding hydrogens is 290 g/mol. The van der Waals surface area contributed by atoms with Crippen molar-refractivity contribution >= 4 is 17.3 Å². The topological polar surface area (TPSA) is 67.2 Å². The van der Waals surface area contributed by atoms with E-state index >= 15 is 0 Å². The second kappa shape index (κ2) is 6.79. The number of rotatable bonds is 5. The van der Waals surface area contributed by atoms with Crippen LogP contribution in [0.5, 0.6) is 0 Å². The van der Waals surface area contributed by atoms with Gasteiger partial charge in [0.2, 0.25) is 5.91 Å². The summed E-state index contributed by atoms with van der Waals surface area (Å²) in [4.78, 5) is 15.4. The third kappa shape index (κ3) is 3.97. The highest BCUT2D eigenvalue weighted by molar-refractivity contribution is 5.89. The number of aromatic nitrogens is 1. The van der Waals surface area contributed by atoms with Crippen LogP contribution in [0.3, 0.4) is 0 Å². The molecule has 23 heavy (non-hydrogen) atoms. The van der Waals surface area contributed by atoms with E-state index < -0.39 is 0 Å². The fraction of sp³-hybridized carbons (Fsp3) is 0.111. The number of nitrogens with one attached hydrogen (secondary N) is 2. The van der Waals surface area contributed by atoms with Crippen LogP contribution in [-0.4, -0.2) is 10.9 Å². The normalized spacial score (nSPS) is 10.3. The maximum atomic E-state index is 11.2. The van der Waals surface area contributed by atoms with Gasteiger partial charge in [-0.05, 0) is 29.8 Å². The highest BCUT2D eigenvalue weighted by Crippen LogP contribution is 2.24. The van der Waals surface area contributed by atoms with Crippen molar-refractivity contribution in [3.05, 3.63) is 66.9 Å². The van der Waals surface area contributed by atoms with Gasteiger partial charge in [0.15, 0.2) is 0 Å². The number of hydrogen-bond donors (Lipinski definition) is 2. The number of benzene rings is 1. The molecule has 0 spiro atoms. The van der Waals surface area contributed by atoms with Crippen LogP contribution in [0.1, 0.15) is 12.5 Å². The Hall–Kier alpha value is -3.08. The molecule has 0 aliphatic heterocycles. The molecule has 1 aromatic carbocycles. The van der Waals surface area contributed by atoms with Crippen molar-refractivity contribution in [2.75, 3.05) is 10.6 Å². The van der Waals surface area contributed by atoms with E-state index in [1.165, 1.54) is 6.92 Å². The lowest BCUT2D eigenvalue weighted by atomic mass is 10.1. The van der Waals surface area contributed by atoms with Crippen LogP contribution in [0, 0.1) is 0 Å². The number of pyridine rings is 1. The Bertz CT molecular complexity index is 798. The molecule has 0 fully saturated rings. The lowest BCUT2D eigenvalue weighted by molar-refractivity contribution is -0.114. The average Bonchev–Trinajstić information content (AvgIpc) is 3.06. The van der Waals surface area contributed by atoms with Crippen LogP contribution < -0.4 is 10.6 Å². The van der Waals surface area contributed by atoms with Gasteiger partial charge < -0.3 is 15.1 Å². The monoisotopic (exact) mass is 307 g/mol. The zero-order valence-corrected chi connectivity index (χ0v) is 12.7. The smallest absolute Gasteiger partial charge is 0.221 e. The largest absolute Gasteiger partial charge is 0.472 e. The average molecular weight is 307 g/mol. The zero-order chi connectivity index (χ0) is 16.1. The minimum atomic E-state index is -0.0872. The van der Waals surface area contributed by atoms with Gasteiger partial charge in [0.1, 0.15) is 0 Å². The van der Waals surface area contributed by atoms with Crippen LogP contribution in [0.15, 0.2) is 65.7 Å². The Morgan fingerprint density at radius 1 is 1.13 bits per heavy atom. The predicted octanol–water partition coefficient (Wildman–Crippen LogP) is 3.91. The van der Waals surface area contributed by atoms with E-state index in [0.717, 1.165) is 28.1 Å². The molecule has 0 radical (unpaired) electrons. The van der Waals surface area contributed by atoms with E-state index in [9.17, 15) is 4.79 Å². The number of furan rings is 1. The maximum absolute atomic E-state index is 11.2. The summed E-state index contributed by atoms with van der Waals surface area (Å²) >= 11 is 0. The molecule has 3 aromatic rings. The summed E-state index contributed by atoms with van der Waals surface area (Å²) in [5.74, 6) is -0.0872. The molecule has 5 heteroatoms. The van der Waals surface area contributed by atoms with E-state index in [4.69, 9.17) is 4.42 Å². The second-order valence-electron chi connectivity index (χ2n) is 5.21. The molecule has 2 N–H and O–H groups in total. The fourth-order valence-electron chi connectivity index (χ4n) is 2.27. The van der Waals surface area contributed by atoms with Crippen LogP contribution in [0.2, 0.25) is 0 Å². The summed E-state index contributed by atoms with van der Waals surface area (Å²) in [7, 11) is 0. The van der Waals surface area contributed by atoms with Gasteiger partial charge >= 0.3 is 0 Å². The Morgan fingerprint density at radius 2 is 2.00 bits per heavy atom. The highest BCUT2D eigenvalue weighted by atomic mass is 16.3. The van der Waals surface area contributed by atoms with Crippen molar-refractivity contribution in [1.29, 1.82) is 0 Å². The van der Waals surface area contributed by atoms with Gasteiger partial charge in [-0.3, -0.25) is 9.78 Å². The quantitative estimate of drug-likeness (QED) is 0.750. The molecule has 0 aliphatic carbocycles. The molecule has 0 unspecified atom stereocenters. The van der Waals surface area contributed by atoms with Crippen LogP contribution in [-0.2, 0) is 11.3 Å². The van der Waals surface area contributed by atoms with Crippen LogP contribution in [0.4, 0.5) is 11.4 Å². The third-order valence-corrected chi connectivity index (χ3v) is 3.33. The molecule has 2 aromatic heterocycles. The van der Waals surface area contributed by atoms with Crippen molar-refractivity contribution in [2.24, 2.45) is 0 Å². The van der Waals surface area contributed by atoms with Gasteiger partial charge in [-0.25, -0.2) is 0 Å². The number of carbonyl (C=O) groups is 1. The molecule has 1 amide bonds. The van der Waals surface area contributed by atoms with Gasteiger partial charge in [0.25, 0.3) is 0 Å². The van der Waals surface area contributed by atoms with Gasteiger partial charge in [-0.1, -0.05) is 12.1 Å². The van der Waals surface area contributed by atoms with Crippen molar-refractivity contribution in [3.63, 3.8) is 0 Å². The fourth-order valence-corrected chi connectivity index (χ4v) is 2.27. The van der Waals surface area contributed by atoms with E-state index in [1.54, 1.807) is 24.9 Å². The van der Waals surface area contributed by atoms with E-state index in [-0.39, 0.29) is 5.91 Å². The van der Waals surface area contributed by atoms with Gasteiger partial charge in [0, 0.05) is 42.7 Å². The van der Waals surface area contributed by atoms with Gasteiger partial charge in [0.05, 0.1) is 18.2 Å². The Balaban J connectivity index is 1.77. The number of nitrogens with zero attached hydrogens (tertiary/aromatic N) is 1. The van der Waals surface area contributed by atoms with Gasteiger partial charge in [-0.2, -0.15) is 0 Å². The zero-order valence-electron chi connectivity index (χ0n) is 12.7. The Morgan fingerprint density at radius 3 is 2.78 bits per heavy atom. The minimum absolute atomic E-state index is 0.0872. The van der Waals surface area contributed by atoms with E-state index in [1.807, 2.05) is 36.4 Å². The molecule has 5 nitrogen and oxygen atoms in total. The lowest BCUT2D eigenvalue weighted by Gasteiger charge is -2.09. The molecule has 0 saturated carbocycles. The van der Waals surface area contributed by atoms with Crippen LogP contribution in [0.25, 0.3) is 11.1 Å². The van der Waals surface area contributed by atoms with Crippen molar-refractivity contribution in [1.82, 2.24) is 4.98 Å². The molecule has 0 bridgehead atoms. The standard InChI is InChI=1S/C18H17N3O2/c1-13(22)21-17-4-2-3-15(7-17)16-8-18(11-19-10-16)20-9-14-5-6-23-12-14/h2-8,10-12,20H,9H2,1H3,(H,21,22). The summed E-state index contributed by atoms with van der Waals surface area (Å²) in [5, 5.41) is 6.10. The summed E-state index contributed by atoms with van der Waals surface area (Å²) in [5.41, 5.74) is 4.74. The minimum Gasteiger partial charge on any atom is -0.472 e. The SMILES string of the molecule is CC(=O)Nc1cccc(-c2cncc(NCc3ccoc3)c2)c1. The molecule has 2 heterocycles. The first-order valence-corrected chi connectivity index (χ1v) is 7.29. The molecule has 116 valence electrons. The summed E-state index contributed by atoms with van der Waals surface area (Å²) in [6, 6.07) is 11.6. The van der Waals surface area contributed by atoms with E-state index in [2.05, 4.69) is 15.6 Å². The van der Waals surface area contributed by atoms with Crippen molar-refractivity contribution in [3.8, 4) is 11.1 Å². The Labute approximate surface area is 134 Å². The highest BCUT2D eigenvalue weighted by Gasteiger charge is 2.03. The molecule has 3 rings (SSSR count). The third-order valence-electron chi connectivity index (χ3n) is 3.33. The van der Waals surface area contributed by atoms with Gasteiger partial charge in [-0.15, -0.1) is 0 Å². The number of carbonyl (C=O) groups excluding carboxylic acids is 1. The first kappa shape index (κ1) is 14.8.